The van der Waals surface area contributed by atoms with Gasteiger partial charge >= 0.3 is 0 Å². The molecule has 0 saturated carbocycles. The summed E-state index contributed by atoms with van der Waals surface area (Å²) in [6.07, 6.45) is 2.03. The van der Waals surface area contributed by atoms with Crippen LogP contribution in [0.3, 0.4) is 0 Å². The molecule has 0 bridgehead atoms. The molecule has 2 aromatic heterocycles. The Bertz CT molecular complexity index is 4540. The minimum atomic E-state index is -0.980. The molecule has 12 aromatic rings. The number of aryl methyl sites for hydroxylation is 1. The van der Waals surface area contributed by atoms with Gasteiger partial charge < -0.3 is 19.3 Å². The molecule has 1 unspecified atom stereocenters. The molecule has 83 heavy (non-hydrogen) atoms. The molecule has 5 nitrogen and oxygen atoms in total. The zero-order valence-corrected chi connectivity index (χ0v) is 49.0. The Kier molecular flexibility index (Phi) is 12.0. The lowest BCUT2D eigenvalue weighted by molar-refractivity contribution is 0.484. The first-order valence-electron chi connectivity index (χ1n) is 29.1. The smallest absolute Gasteiger partial charge is 0.145 e. The maximum absolute atomic E-state index is 12.2. The molecule has 2 aliphatic carbocycles. The standard InChI is InChI=1S/C75H64B3N3O2/c1-44-40-58-65-66(68(77)69(78)70(82)67(65)76)75(72(58)79-43-44)59-41-55(80(52-34-26-49(27-35-52)73(2,3)4)51-30-22-47(23-31-51)45-16-10-8-11-17-45)38-39-56(59)63-60(75)42-61(64-57-20-14-15-21-62(57)83-71(63)64)81(54-36-28-50(29-37-54)74(5,6)7)53-32-24-48(25-33-53)46-18-12-9-13-19-46/h8-43,82H,76-78H2,1-7H3. The highest BCUT2D eigenvalue weighted by Gasteiger charge is 2.56. The van der Waals surface area contributed by atoms with Crippen LogP contribution in [0, 0.1) is 6.92 Å². The molecule has 10 aromatic carbocycles. The number of rotatable bonds is 8. The molecular weight excluding hydrogens is 1010 g/mol. The van der Waals surface area contributed by atoms with E-state index in [1.807, 2.05) is 6.20 Å². The third-order valence-electron chi connectivity index (χ3n) is 18.0. The number of para-hydroxylation sites is 1. The molecule has 8 heteroatoms. The van der Waals surface area contributed by atoms with Crippen LogP contribution in [0.2, 0.25) is 0 Å². The topological polar surface area (TPSA) is 52.7 Å². The van der Waals surface area contributed by atoms with Crippen molar-refractivity contribution < 1.29 is 9.52 Å². The molecule has 1 atom stereocenters. The molecule has 1 spiro atoms. The second kappa shape index (κ2) is 19.2. The van der Waals surface area contributed by atoms with Crippen molar-refractivity contribution in [3.8, 4) is 50.3 Å². The van der Waals surface area contributed by atoms with Crippen LogP contribution in [-0.2, 0) is 16.2 Å². The van der Waals surface area contributed by atoms with Crippen LogP contribution in [0.1, 0.15) is 80.6 Å². The summed E-state index contributed by atoms with van der Waals surface area (Å²) in [5.74, 6) is 0.319. The number of anilines is 6. The first kappa shape index (κ1) is 51.9. The maximum atomic E-state index is 12.2. The molecule has 400 valence electrons. The van der Waals surface area contributed by atoms with Crippen molar-refractivity contribution in [3.63, 3.8) is 0 Å². The summed E-state index contributed by atoms with van der Waals surface area (Å²) < 4.78 is 7.46. The fourth-order valence-corrected chi connectivity index (χ4v) is 13.6. The summed E-state index contributed by atoms with van der Waals surface area (Å²) in [5.41, 5.74) is 26.2. The van der Waals surface area contributed by atoms with Crippen molar-refractivity contribution in [1.29, 1.82) is 0 Å². The second-order valence-corrected chi connectivity index (χ2v) is 25.1. The van der Waals surface area contributed by atoms with Crippen molar-refractivity contribution in [1.82, 2.24) is 4.98 Å². The SMILES string of the molecule is Bc1c(B)c2c(c(B)c1O)-c1cc(C)cnc1C21c2cc(N(c3ccc(-c4ccccc4)cc3)c3ccc(C(C)(C)C)cc3)ccc2-c2c1cc(N(c1ccc(-c3ccccc3)cc1)c1ccc(C(C)(C)C)cc1)c1c2oc2ccccc21. The quantitative estimate of drug-likeness (QED) is 0.154. The van der Waals surface area contributed by atoms with E-state index >= 15 is 0 Å². The van der Waals surface area contributed by atoms with Gasteiger partial charge in [-0.2, -0.15) is 0 Å². The van der Waals surface area contributed by atoms with E-state index in [-0.39, 0.29) is 10.8 Å². The average molecular weight is 1070 g/mol. The lowest BCUT2D eigenvalue weighted by Gasteiger charge is -2.34. The Labute approximate surface area is 490 Å². The number of benzene rings is 10. The van der Waals surface area contributed by atoms with Gasteiger partial charge in [-0.05, 0) is 169 Å². The first-order chi connectivity index (χ1) is 40.0. The Hall–Kier alpha value is -9.26. The molecule has 0 radical (unpaired) electrons. The van der Waals surface area contributed by atoms with E-state index in [4.69, 9.17) is 9.40 Å². The Morgan fingerprint density at radius 1 is 0.470 bits per heavy atom. The number of hydrogen-bond donors (Lipinski definition) is 1. The Morgan fingerprint density at radius 3 is 1.52 bits per heavy atom. The normalized spacial score (nSPS) is 14.2. The van der Waals surface area contributed by atoms with Crippen LogP contribution < -0.4 is 26.2 Å². The van der Waals surface area contributed by atoms with E-state index in [0.717, 1.165) is 139 Å². The highest BCUT2D eigenvalue weighted by molar-refractivity contribution is 6.54. The zero-order valence-electron chi connectivity index (χ0n) is 49.0. The van der Waals surface area contributed by atoms with Gasteiger partial charge in [0.25, 0.3) is 0 Å². The molecule has 0 fully saturated rings. The number of furan rings is 1. The lowest BCUT2D eigenvalue weighted by atomic mass is 9.63. The summed E-state index contributed by atoms with van der Waals surface area (Å²) in [4.78, 5) is 10.5. The predicted molar refractivity (Wildman–Crippen MR) is 356 cm³/mol. The van der Waals surface area contributed by atoms with E-state index in [9.17, 15) is 5.11 Å². The van der Waals surface area contributed by atoms with Crippen molar-refractivity contribution in [2.24, 2.45) is 0 Å². The van der Waals surface area contributed by atoms with Crippen molar-refractivity contribution in [3.05, 3.63) is 258 Å². The first-order valence-corrected chi connectivity index (χ1v) is 29.1. The molecule has 1 N–H and O–H groups in total. The number of nitrogens with zero attached hydrogens (tertiary/aromatic N) is 3. The number of fused-ring (bicyclic) bond motifs is 14. The van der Waals surface area contributed by atoms with Crippen LogP contribution in [0.25, 0.3) is 66.4 Å². The molecule has 0 amide bonds. The third kappa shape index (κ3) is 8.12. The Morgan fingerprint density at radius 2 is 0.964 bits per heavy atom. The van der Waals surface area contributed by atoms with Gasteiger partial charge in [0.2, 0.25) is 0 Å². The fraction of sp³-hybridized carbons (Fsp3) is 0.133. The molecular formula is C75H64B3N3O2. The van der Waals surface area contributed by atoms with Gasteiger partial charge in [-0.3, -0.25) is 4.98 Å². The summed E-state index contributed by atoms with van der Waals surface area (Å²) in [6.45, 7) is 15.7. The Balaban J connectivity index is 1.10. The lowest BCUT2D eigenvalue weighted by Crippen LogP contribution is -2.41. The van der Waals surface area contributed by atoms with Crippen molar-refractivity contribution in [2.45, 2.75) is 64.7 Å². The van der Waals surface area contributed by atoms with Crippen LogP contribution in [-0.4, -0.2) is 33.6 Å². The van der Waals surface area contributed by atoms with Crippen LogP contribution in [0.15, 0.2) is 223 Å². The maximum Gasteiger partial charge on any atom is 0.145 e. The highest BCUT2D eigenvalue weighted by atomic mass is 16.3. The van der Waals surface area contributed by atoms with E-state index in [1.165, 1.54) is 16.7 Å². The van der Waals surface area contributed by atoms with E-state index in [1.54, 1.807) is 0 Å². The molecule has 0 saturated heterocycles. The van der Waals surface area contributed by atoms with Gasteiger partial charge in [-0.1, -0.05) is 186 Å². The van der Waals surface area contributed by atoms with E-state index < -0.39 is 5.41 Å². The van der Waals surface area contributed by atoms with Gasteiger partial charge in [0.15, 0.2) is 0 Å². The minimum absolute atomic E-state index is 0.0263. The number of aromatic nitrogens is 1. The molecule has 2 heterocycles. The van der Waals surface area contributed by atoms with Gasteiger partial charge in [-0.15, -0.1) is 0 Å². The average Bonchev–Trinajstić information content (AvgIpc) is 2.40. The molecule has 2 aliphatic rings. The van der Waals surface area contributed by atoms with Crippen LogP contribution in [0.5, 0.6) is 5.75 Å². The second-order valence-electron chi connectivity index (χ2n) is 25.1. The summed E-state index contributed by atoms with van der Waals surface area (Å²) >= 11 is 0. The fourth-order valence-electron chi connectivity index (χ4n) is 13.6. The molecule has 0 aliphatic heterocycles. The summed E-state index contributed by atoms with van der Waals surface area (Å²) in [6, 6.07) is 77.8. The largest absolute Gasteiger partial charge is 0.509 e. The number of phenols is 1. The summed E-state index contributed by atoms with van der Waals surface area (Å²) in [7, 11) is 6.35. The predicted octanol–water partition coefficient (Wildman–Crippen LogP) is 15.0. The van der Waals surface area contributed by atoms with E-state index in [0.29, 0.717) is 5.75 Å². The van der Waals surface area contributed by atoms with E-state index in [2.05, 4.69) is 294 Å². The van der Waals surface area contributed by atoms with Crippen molar-refractivity contribution in [2.75, 3.05) is 9.80 Å². The number of hydrogen-bond acceptors (Lipinski definition) is 5. The van der Waals surface area contributed by atoms with Gasteiger partial charge in [0, 0.05) is 51.1 Å². The van der Waals surface area contributed by atoms with Crippen LogP contribution in [0.4, 0.5) is 34.1 Å². The number of phenolic OH excluding ortho intramolecular Hbond substituents is 1. The highest BCUT2D eigenvalue weighted by Crippen LogP contribution is 2.65. The molecule has 14 rings (SSSR count). The number of pyridine rings is 1. The summed E-state index contributed by atoms with van der Waals surface area (Å²) in [5, 5.41) is 14.3. The van der Waals surface area contributed by atoms with Gasteiger partial charge in [-0.25, -0.2) is 0 Å². The zero-order chi connectivity index (χ0) is 57.3. The number of aromatic hydroxyl groups is 1. The monoisotopic (exact) mass is 1070 g/mol. The minimum Gasteiger partial charge on any atom is -0.509 e. The third-order valence-corrected chi connectivity index (χ3v) is 18.0. The van der Waals surface area contributed by atoms with Crippen molar-refractivity contribution >= 4 is 96.0 Å². The van der Waals surface area contributed by atoms with Crippen LogP contribution >= 0.6 is 0 Å². The van der Waals surface area contributed by atoms with Gasteiger partial charge in [0.1, 0.15) is 40.5 Å². The van der Waals surface area contributed by atoms with Gasteiger partial charge in [0.05, 0.1) is 22.2 Å².